The highest BCUT2D eigenvalue weighted by Gasteiger charge is 2.35. The van der Waals surface area contributed by atoms with E-state index in [-0.39, 0.29) is 0 Å². The molecule has 0 amide bonds. The zero-order valence-corrected chi connectivity index (χ0v) is 5.77. The van der Waals surface area contributed by atoms with Gasteiger partial charge in [0, 0.05) is 23.0 Å². The topological polar surface area (TPSA) is 38.9 Å². The van der Waals surface area contributed by atoms with E-state index in [1.807, 2.05) is 11.7 Å². The SMILES string of the molecule is NC1C[C@@H]1c1cncs1. The summed E-state index contributed by atoms with van der Waals surface area (Å²) in [6.45, 7) is 0. The normalized spacial score (nSPS) is 32.6. The molecule has 0 aromatic carbocycles. The van der Waals surface area contributed by atoms with Crippen molar-refractivity contribution in [1.29, 1.82) is 0 Å². The standard InChI is InChI=1S/C6H8N2S/c7-5-1-4(5)6-2-8-3-9-6/h2-5H,1,7H2/t4-,5?/m0/s1. The number of nitrogens with zero attached hydrogens (tertiary/aromatic N) is 1. The quantitative estimate of drug-likeness (QED) is 0.631. The van der Waals surface area contributed by atoms with Crippen molar-refractivity contribution < 1.29 is 0 Å². The lowest BCUT2D eigenvalue weighted by molar-refractivity contribution is 1.00. The summed E-state index contributed by atoms with van der Waals surface area (Å²) in [5, 5.41) is 0. The van der Waals surface area contributed by atoms with Crippen molar-refractivity contribution in [3.05, 3.63) is 16.6 Å². The van der Waals surface area contributed by atoms with Crippen LogP contribution < -0.4 is 5.73 Å². The van der Waals surface area contributed by atoms with E-state index in [2.05, 4.69) is 4.98 Å². The molecule has 9 heavy (non-hydrogen) atoms. The number of aromatic nitrogens is 1. The molecular formula is C6H8N2S. The summed E-state index contributed by atoms with van der Waals surface area (Å²) in [6, 6.07) is 0.422. The largest absolute Gasteiger partial charge is 0.327 e. The number of hydrogen-bond acceptors (Lipinski definition) is 3. The third kappa shape index (κ3) is 0.862. The highest BCUT2D eigenvalue weighted by molar-refractivity contribution is 7.09. The molecule has 3 heteroatoms. The Bertz CT molecular complexity index is 195. The van der Waals surface area contributed by atoms with E-state index < -0.39 is 0 Å². The van der Waals surface area contributed by atoms with Crippen molar-refractivity contribution >= 4 is 11.3 Å². The van der Waals surface area contributed by atoms with Crippen LogP contribution in [0.3, 0.4) is 0 Å². The van der Waals surface area contributed by atoms with Crippen LogP contribution in [-0.4, -0.2) is 11.0 Å². The molecule has 48 valence electrons. The smallest absolute Gasteiger partial charge is 0.0794 e. The average molecular weight is 140 g/mol. The van der Waals surface area contributed by atoms with Gasteiger partial charge in [0.05, 0.1) is 5.51 Å². The van der Waals surface area contributed by atoms with Crippen LogP contribution in [0.2, 0.25) is 0 Å². The average Bonchev–Trinajstić information content (AvgIpc) is 2.44. The van der Waals surface area contributed by atoms with Crippen molar-refractivity contribution in [2.45, 2.75) is 18.4 Å². The van der Waals surface area contributed by atoms with E-state index >= 15 is 0 Å². The van der Waals surface area contributed by atoms with Gasteiger partial charge in [0.15, 0.2) is 0 Å². The van der Waals surface area contributed by atoms with Crippen molar-refractivity contribution in [1.82, 2.24) is 4.98 Å². The fourth-order valence-corrected chi connectivity index (χ4v) is 1.76. The molecule has 1 aromatic heterocycles. The molecule has 1 aliphatic carbocycles. The van der Waals surface area contributed by atoms with Gasteiger partial charge < -0.3 is 5.73 Å². The third-order valence-electron chi connectivity index (χ3n) is 1.66. The Morgan fingerprint density at radius 2 is 2.56 bits per heavy atom. The van der Waals surface area contributed by atoms with E-state index in [9.17, 15) is 0 Å². The minimum atomic E-state index is 0.422. The number of hydrogen-bond donors (Lipinski definition) is 1. The van der Waals surface area contributed by atoms with Gasteiger partial charge in [-0.1, -0.05) is 0 Å². The van der Waals surface area contributed by atoms with Gasteiger partial charge >= 0.3 is 0 Å². The first kappa shape index (κ1) is 5.38. The number of nitrogens with two attached hydrogens (primary N) is 1. The summed E-state index contributed by atoms with van der Waals surface area (Å²) in [5.74, 6) is 0.637. The van der Waals surface area contributed by atoms with E-state index in [1.165, 1.54) is 4.88 Å². The lowest BCUT2D eigenvalue weighted by Gasteiger charge is -1.84. The molecule has 0 radical (unpaired) electrons. The summed E-state index contributed by atoms with van der Waals surface area (Å²) in [7, 11) is 0. The molecule has 0 spiro atoms. The Balaban J connectivity index is 2.18. The van der Waals surface area contributed by atoms with Gasteiger partial charge in [0.25, 0.3) is 0 Å². The van der Waals surface area contributed by atoms with Gasteiger partial charge in [-0.25, -0.2) is 0 Å². The molecule has 0 aliphatic heterocycles. The minimum Gasteiger partial charge on any atom is -0.327 e. The number of rotatable bonds is 1. The van der Waals surface area contributed by atoms with Crippen LogP contribution in [0.4, 0.5) is 0 Å². The Labute approximate surface area is 57.7 Å². The molecule has 2 rings (SSSR count). The molecule has 2 N–H and O–H groups in total. The highest BCUT2D eigenvalue weighted by atomic mass is 32.1. The highest BCUT2D eigenvalue weighted by Crippen LogP contribution is 2.40. The molecule has 1 unspecified atom stereocenters. The van der Waals surface area contributed by atoms with Crippen LogP contribution in [0, 0.1) is 0 Å². The monoisotopic (exact) mass is 140 g/mol. The first-order valence-electron chi connectivity index (χ1n) is 3.02. The van der Waals surface area contributed by atoms with Crippen molar-refractivity contribution in [2.75, 3.05) is 0 Å². The van der Waals surface area contributed by atoms with Gasteiger partial charge in [-0.15, -0.1) is 11.3 Å². The first-order valence-corrected chi connectivity index (χ1v) is 3.90. The predicted molar refractivity (Wildman–Crippen MR) is 37.4 cm³/mol. The predicted octanol–water partition coefficient (Wildman–Crippen LogP) is 0.958. The minimum absolute atomic E-state index is 0.422. The lowest BCUT2D eigenvalue weighted by Crippen LogP contribution is -1.99. The molecule has 2 atom stereocenters. The van der Waals surface area contributed by atoms with Gasteiger partial charge in [0.1, 0.15) is 0 Å². The second-order valence-corrected chi connectivity index (χ2v) is 3.33. The van der Waals surface area contributed by atoms with Crippen molar-refractivity contribution in [2.24, 2.45) is 5.73 Å². The molecule has 1 fully saturated rings. The van der Waals surface area contributed by atoms with Gasteiger partial charge in [-0.3, -0.25) is 4.98 Å². The van der Waals surface area contributed by atoms with Crippen LogP contribution in [-0.2, 0) is 0 Å². The zero-order chi connectivity index (χ0) is 6.27. The fourth-order valence-electron chi connectivity index (χ4n) is 0.951. The van der Waals surface area contributed by atoms with Crippen LogP contribution in [0.25, 0.3) is 0 Å². The maximum Gasteiger partial charge on any atom is 0.0794 e. The molecular weight excluding hydrogens is 132 g/mol. The maximum atomic E-state index is 5.64. The van der Waals surface area contributed by atoms with Gasteiger partial charge in [-0.2, -0.15) is 0 Å². The van der Waals surface area contributed by atoms with Crippen LogP contribution in [0.5, 0.6) is 0 Å². The molecule has 0 bridgehead atoms. The summed E-state index contributed by atoms with van der Waals surface area (Å²) in [5.41, 5.74) is 7.50. The van der Waals surface area contributed by atoms with E-state index in [0.29, 0.717) is 12.0 Å². The van der Waals surface area contributed by atoms with Crippen LogP contribution >= 0.6 is 11.3 Å². The summed E-state index contributed by atoms with van der Waals surface area (Å²) < 4.78 is 0. The fraction of sp³-hybridized carbons (Fsp3) is 0.500. The molecule has 1 aliphatic rings. The summed E-state index contributed by atoms with van der Waals surface area (Å²) in [4.78, 5) is 5.33. The molecule has 1 heterocycles. The summed E-state index contributed by atoms with van der Waals surface area (Å²) in [6.07, 6.45) is 3.07. The Morgan fingerprint density at radius 3 is 3.00 bits per heavy atom. The molecule has 0 saturated heterocycles. The molecule has 1 aromatic rings. The number of thiazole rings is 1. The van der Waals surface area contributed by atoms with Gasteiger partial charge in [0.2, 0.25) is 0 Å². The van der Waals surface area contributed by atoms with E-state index in [1.54, 1.807) is 11.3 Å². The maximum absolute atomic E-state index is 5.64. The Hall–Kier alpha value is -0.410. The lowest BCUT2D eigenvalue weighted by atomic mass is 10.4. The van der Waals surface area contributed by atoms with E-state index in [4.69, 9.17) is 5.73 Å². The second-order valence-electron chi connectivity index (χ2n) is 2.41. The Morgan fingerprint density at radius 1 is 1.78 bits per heavy atom. The molecule has 1 saturated carbocycles. The van der Waals surface area contributed by atoms with Gasteiger partial charge in [-0.05, 0) is 6.42 Å². The zero-order valence-electron chi connectivity index (χ0n) is 4.95. The van der Waals surface area contributed by atoms with Crippen molar-refractivity contribution in [3.8, 4) is 0 Å². The van der Waals surface area contributed by atoms with Crippen LogP contribution in [0.1, 0.15) is 17.2 Å². The third-order valence-corrected chi connectivity index (χ3v) is 2.56. The first-order chi connectivity index (χ1) is 4.38. The van der Waals surface area contributed by atoms with Crippen LogP contribution in [0.15, 0.2) is 11.7 Å². The van der Waals surface area contributed by atoms with Crippen molar-refractivity contribution in [3.63, 3.8) is 0 Å². The van der Waals surface area contributed by atoms with E-state index in [0.717, 1.165) is 6.42 Å². The molecule has 2 nitrogen and oxygen atoms in total. The Kier molecular flexibility index (Phi) is 1.07. The second kappa shape index (κ2) is 1.78. The summed E-state index contributed by atoms with van der Waals surface area (Å²) >= 11 is 1.71.